The van der Waals surface area contributed by atoms with Crippen LogP contribution in [0.5, 0.6) is 0 Å². The number of hydrogen-bond acceptors (Lipinski definition) is 7. The van der Waals surface area contributed by atoms with Gasteiger partial charge in [0, 0.05) is 38.3 Å². The number of aromatic nitrogens is 1. The molecule has 1 aliphatic rings. The molecule has 0 saturated carbocycles. The average Bonchev–Trinajstić information content (AvgIpc) is 3.12. The molecule has 0 amide bonds. The van der Waals surface area contributed by atoms with E-state index in [2.05, 4.69) is 4.98 Å². The molecule has 0 radical (unpaired) electrons. The Bertz CT molecular complexity index is 1110. The number of nitro benzene ring substituents is 1. The predicted octanol–water partition coefficient (Wildman–Crippen LogP) is 2.86. The molecule has 4 rings (SSSR count). The van der Waals surface area contributed by atoms with Crippen LogP contribution in [0, 0.1) is 10.1 Å². The Morgan fingerprint density at radius 1 is 1.07 bits per heavy atom. The third-order valence-corrected chi connectivity index (χ3v) is 7.60. The van der Waals surface area contributed by atoms with Crippen LogP contribution < -0.4 is 4.90 Å². The molecule has 0 spiro atoms. The van der Waals surface area contributed by atoms with E-state index in [4.69, 9.17) is 0 Å². The maximum Gasteiger partial charge on any atom is 0.270 e. The molecule has 10 heteroatoms. The minimum absolute atomic E-state index is 0.00134. The monoisotopic (exact) mass is 418 g/mol. The normalized spacial score (nSPS) is 15.8. The lowest BCUT2D eigenvalue weighted by Gasteiger charge is -2.33. The summed E-state index contributed by atoms with van der Waals surface area (Å²) in [6.07, 6.45) is 0. The van der Waals surface area contributed by atoms with Crippen LogP contribution in [0.25, 0.3) is 10.2 Å². The van der Waals surface area contributed by atoms with Crippen molar-refractivity contribution in [2.75, 3.05) is 31.1 Å². The van der Waals surface area contributed by atoms with E-state index in [1.54, 1.807) is 6.07 Å². The van der Waals surface area contributed by atoms with Gasteiger partial charge in [-0.25, -0.2) is 13.4 Å². The number of nitrogens with zero attached hydrogens (tertiary/aromatic N) is 4. The molecule has 0 aliphatic carbocycles. The summed E-state index contributed by atoms with van der Waals surface area (Å²) in [6, 6.07) is 13.8. The number of sulfonamides is 1. The highest BCUT2D eigenvalue weighted by molar-refractivity contribution is 7.88. The summed E-state index contributed by atoms with van der Waals surface area (Å²) in [5.74, 6) is -0.00134. The largest absolute Gasteiger partial charge is 0.345 e. The SMILES string of the molecule is O=[N+]([O-])c1ccc2nc(N3CCN(S(=O)(=O)Cc4ccccc4)CC3)sc2c1. The van der Waals surface area contributed by atoms with E-state index in [1.165, 1.54) is 27.8 Å². The van der Waals surface area contributed by atoms with Gasteiger partial charge in [-0.15, -0.1) is 0 Å². The highest BCUT2D eigenvalue weighted by Crippen LogP contribution is 2.32. The number of anilines is 1. The van der Waals surface area contributed by atoms with Crippen molar-refractivity contribution in [2.24, 2.45) is 0 Å². The number of hydrogen-bond donors (Lipinski definition) is 0. The Balaban J connectivity index is 1.45. The average molecular weight is 419 g/mol. The molecular formula is C18H18N4O4S2. The van der Waals surface area contributed by atoms with Crippen LogP contribution in [0.2, 0.25) is 0 Å². The van der Waals surface area contributed by atoms with Crippen LogP contribution in [0.3, 0.4) is 0 Å². The molecule has 1 aromatic heterocycles. The number of benzene rings is 2. The van der Waals surface area contributed by atoms with Crippen molar-refractivity contribution in [1.82, 2.24) is 9.29 Å². The van der Waals surface area contributed by atoms with Crippen molar-refractivity contribution in [1.29, 1.82) is 0 Å². The molecule has 0 N–H and O–H groups in total. The van der Waals surface area contributed by atoms with Gasteiger partial charge in [-0.1, -0.05) is 41.7 Å². The number of piperazine rings is 1. The van der Waals surface area contributed by atoms with E-state index in [-0.39, 0.29) is 11.4 Å². The molecule has 1 aliphatic heterocycles. The smallest absolute Gasteiger partial charge is 0.270 e. The van der Waals surface area contributed by atoms with Crippen molar-refractivity contribution < 1.29 is 13.3 Å². The molecule has 1 fully saturated rings. The van der Waals surface area contributed by atoms with Gasteiger partial charge in [-0.2, -0.15) is 4.31 Å². The quantitative estimate of drug-likeness (QED) is 0.467. The summed E-state index contributed by atoms with van der Waals surface area (Å²) in [4.78, 5) is 17.1. The fourth-order valence-corrected chi connectivity index (χ4v) is 5.75. The minimum Gasteiger partial charge on any atom is -0.345 e. The van der Waals surface area contributed by atoms with Crippen LogP contribution in [0.1, 0.15) is 5.56 Å². The lowest BCUT2D eigenvalue weighted by Crippen LogP contribution is -2.49. The highest BCUT2D eigenvalue weighted by Gasteiger charge is 2.28. The number of nitro groups is 1. The van der Waals surface area contributed by atoms with Crippen LogP contribution in [-0.4, -0.2) is 48.8 Å². The first-order chi connectivity index (χ1) is 13.4. The number of fused-ring (bicyclic) bond motifs is 1. The predicted molar refractivity (Wildman–Crippen MR) is 109 cm³/mol. The van der Waals surface area contributed by atoms with E-state index in [0.717, 1.165) is 15.4 Å². The van der Waals surface area contributed by atoms with Crippen LogP contribution in [0.15, 0.2) is 48.5 Å². The van der Waals surface area contributed by atoms with Crippen molar-refractivity contribution in [3.8, 4) is 0 Å². The van der Waals surface area contributed by atoms with Crippen LogP contribution in [0.4, 0.5) is 10.8 Å². The van der Waals surface area contributed by atoms with Gasteiger partial charge in [-0.3, -0.25) is 10.1 Å². The maximum absolute atomic E-state index is 12.7. The molecule has 8 nitrogen and oxygen atoms in total. The van der Waals surface area contributed by atoms with Gasteiger partial charge in [0.1, 0.15) is 0 Å². The first-order valence-electron chi connectivity index (χ1n) is 8.74. The van der Waals surface area contributed by atoms with E-state index in [1.807, 2.05) is 35.2 Å². The van der Waals surface area contributed by atoms with Gasteiger partial charge in [0.2, 0.25) is 10.0 Å². The molecule has 2 heterocycles. The first-order valence-corrected chi connectivity index (χ1v) is 11.2. The van der Waals surface area contributed by atoms with E-state index in [9.17, 15) is 18.5 Å². The second-order valence-corrected chi connectivity index (χ2v) is 9.51. The molecule has 146 valence electrons. The van der Waals surface area contributed by atoms with E-state index in [0.29, 0.717) is 31.7 Å². The van der Waals surface area contributed by atoms with Gasteiger partial charge in [-0.05, 0) is 11.6 Å². The molecule has 0 unspecified atom stereocenters. The topological polar surface area (TPSA) is 96.7 Å². The standard InChI is InChI=1S/C18H18N4O4S2/c23-22(24)15-6-7-16-17(12-15)27-18(19-16)20-8-10-21(11-9-20)28(25,26)13-14-4-2-1-3-5-14/h1-7,12H,8-11,13H2. The lowest BCUT2D eigenvalue weighted by molar-refractivity contribution is -0.384. The molecule has 0 bridgehead atoms. The zero-order valence-electron chi connectivity index (χ0n) is 14.9. The molecular weight excluding hydrogens is 400 g/mol. The summed E-state index contributed by atoms with van der Waals surface area (Å²) >= 11 is 1.39. The summed E-state index contributed by atoms with van der Waals surface area (Å²) in [5, 5.41) is 11.7. The number of non-ortho nitro benzene ring substituents is 1. The zero-order chi connectivity index (χ0) is 19.7. The van der Waals surface area contributed by atoms with Gasteiger partial charge in [0.25, 0.3) is 5.69 Å². The van der Waals surface area contributed by atoms with Crippen molar-refractivity contribution in [3.05, 3.63) is 64.2 Å². The maximum atomic E-state index is 12.7. The van der Waals surface area contributed by atoms with Crippen molar-refractivity contribution >= 4 is 42.4 Å². The van der Waals surface area contributed by atoms with Gasteiger partial charge in [0.15, 0.2) is 5.13 Å². The zero-order valence-corrected chi connectivity index (χ0v) is 16.5. The van der Waals surface area contributed by atoms with Crippen LogP contribution >= 0.6 is 11.3 Å². The van der Waals surface area contributed by atoms with Crippen molar-refractivity contribution in [3.63, 3.8) is 0 Å². The van der Waals surface area contributed by atoms with Gasteiger partial charge < -0.3 is 4.90 Å². The lowest BCUT2D eigenvalue weighted by atomic mass is 10.2. The first kappa shape index (κ1) is 18.8. The van der Waals surface area contributed by atoms with Gasteiger partial charge in [0.05, 0.1) is 20.9 Å². The molecule has 2 aromatic carbocycles. The van der Waals surface area contributed by atoms with Gasteiger partial charge >= 0.3 is 0 Å². The minimum atomic E-state index is -3.37. The summed E-state index contributed by atoms with van der Waals surface area (Å²) in [6.45, 7) is 1.86. The molecule has 28 heavy (non-hydrogen) atoms. The molecule has 0 atom stereocenters. The fourth-order valence-electron chi connectivity index (χ4n) is 3.18. The van der Waals surface area contributed by atoms with Crippen molar-refractivity contribution in [2.45, 2.75) is 5.75 Å². The second-order valence-electron chi connectivity index (χ2n) is 6.53. The molecule has 3 aromatic rings. The summed E-state index contributed by atoms with van der Waals surface area (Å²) < 4.78 is 27.6. The Morgan fingerprint density at radius 2 is 1.79 bits per heavy atom. The summed E-state index contributed by atoms with van der Waals surface area (Å²) in [5.41, 5.74) is 1.53. The highest BCUT2D eigenvalue weighted by atomic mass is 32.2. The van der Waals surface area contributed by atoms with E-state index >= 15 is 0 Å². The Kier molecular flexibility index (Phi) is 5.00. The Hall–Kier alpha value is -2.56. The van der Waals surface area contributed by atoms with E-state index < -0.39 is 14.9 Å². The Morgan fingerprint density at radius 3 is 2.46 bits per heavy atom. The molecule has 1 saturated heterocycles. The number of thiazole rings is 1. The second kappa shape index (κ2) is 7.46. The third-order valence-electron chi connectivity index (χ3n) is 4.67. The number of rotatable bonds is 5. The fraction of sp³-hybridized carbons (Fsp3) is 0.278. The summed E-state index contributed by atoms with van der Waals surface area (Å²) in [7, 11) is -3.37. The Labute approximate surface area is 166 Å². The van der Waals surface area contributed by atoms with Crippen LogP contribution in [-0.2, 0) is 15.8 Å². The third kappa shape index (κ3) is 3.84.